The van der Waals surface area contributed by atoms with Crippen molar-refractivity contribution in [1.29, 1.82) is 0 Å². The molecule has 0 saturated carbocycles. The summed E-state index contributed by atoms with van der Waals surface area (Å²) >= 11 is 0. The summed E-state index contributed by atoms with van der Waals surface area (Å²) in [7, 11) is -3.61. The maximum atomic E-state index is 12.1. The Morgan fingerprint density at radius 1 is 1.03 bits per heavy atom. The van der Waals surface area contributed by atoms with Crippen molar-refractivity contribution in [1.82, 2.24) is 10.0 Å². The molecule has 0 spiro atoms. The van der Waals surface area contributed by atoms with Crippen molar-refractivity contribution in [2.45, 2.75) is 30.9 Å². The third kappa shape index (κ3) is 6.38. The molecule has 2 aliphatic rings. The standard InChI is InChI=1S/C26H26N4O5S/c1-36(34,35)30-22(16-23-24(31)25(32)29-17-28-23)20-8-4-18(5-9-20)2-3-19-6-10-21(11-7-19)26(33)12-14-27-15-13-26/h4-11,17,22,27,30,33H,12-16H2,1H3/t22-/m0/s1. The van der Waals surface area contributed by atoms with Gasteiger partial charge in [-0.05, 0) is 61.3 Å². The minimum Gasteiger partial charge on any atom is -0.385 e. The van der Waals surface area contributed by atoms with Gasteiger partial charge in [0.2, 0.25) is 10.0 Å². The number of sulfonamides is 1. The zero-order valence-electron chi connectivity index (χ0n) is 19.7. The number of amides is 1. The first-order chi connectivity index (χ1) is 17.1. The Morgan fingerprint density at radius 2 is 1.61 bits per heavy atom. The van der Waals surface area contributed by atoms with Crippen LogP contribution in [0.1, 0.15) is 47.6 Å². The molecule has 0 aromatic heterocycles. The van der Waals surface area contributed by atoms with Crippen LogP contribution in [0.15, 0.2) is 58.5 Å². The average molecular weight is 507 g/mol. The van der Waals surface area contributed by atoms with Crippen LogP contribution in [0.3, 0.4) is 0 Å². The summed E-state index contributed by atoms with van der Waals surface area (Å²) in [4.78, 5) is 30.8. The van der Waals surface area contributed by atoms with Gasteiger partial charge in [-0.2, -0.15) is 4.99 Å². The van der Waals surface area contributed by atoms with Crippen molar-refractivity contribution >= 4 is 33.8 Å². The van der Waals surface area contributed by atoms with Gasteiger partial charge in [0.1, 0.15) is 6.34 Å². The molecule has 2 aliphatic heterocycles. The van der Waals surface area contributed by atoms with Crippen molar-refractivity contribution in [3.8, 4) is 11.8 Å². The van der Waals surface area contributed by atoms with Crippen LogP contribution in [0.2, 0.25) is 0 Å². The third-order valence-electron chi connectivity index (χ3n) is 6.12. The number of hydrogen-bond donors (Lipinski definition) is 3. The topological polar surface area (TPSA) is 137 Å². The van der Waals surface area contributed by atoms with Crippen molar-refractivity contribution in [3.05, 3.63) is 70.8 Å². The van der Waals surface area contributed by atoms with E-state index in [0.29, 0.717) is 24.0 Å². The molecule has 4 rings (SSSR count). The van der Waals surface area contributed by atoms with Gasteiger partial charge in [-0.25, -0.2) is 18.1 Å². The van der Waals surface area contributed by atoms with Gasteiger partial charge in [0.05, 0.1) is 23.6 Å². The number of nitrogens with zero attached hydrogens (tertiary/aromatic N) is 2. The van der Waals surface area contributed by atoms with E-state index in [1.807, 2.05) is 24.3 Å². The molecule has 10 heteroatoms. The molecule has 1 atom stereocenters. The highest BCUT2D eigenvalue weighted by Crippen LogP contribution is 2.30. The van der Waals surface area contributed by atoms with Crippen molar-refractivity contribution in [2.24, 2.45) is 9.98 Å². The predicted octanol–water partition coefficient (Wildman–Crippen LogP) is 1.22. The number of carbonyl (C=O) groups is 2. The van der Waals surface area contributed by atoms with Crippen molar-refractivity contribution in [3.63, 3.8) is 0 Å². The van der Waals surface area contributed by atoms with E-state index in [-0.39, 0.29) is 12.1 Å². The largest absolute Gasteiger partial charge is 0.385 e. The molecule has 186 valence electrons. The second-order valence-electron chi connectivity index (χ2n) is 8.83. The fourth-order valence-electron chi connectivity index (χ4n) is 4.15. The van der Waals surface area contributed by atoms with Gasteiger partial charge in [0.25, 0.3) is 5.78 Å². The lowest BCUT2D eigenvalue weighted by molar-refractivity contribution is -0.132. The lowest BCUT2D eigenvalue weighted by Crippen LogP contribution is -2.39. The molecule has 2 aromatic rings. The Bertz CT molecular complexity index is 1380. The Kier molecular flexibility index (Phi) is 7.56. The molecule has 0 unspecified atom stereocenters. The van der Waals surface area contributed by atoms with Crippen LogP contribution in [0, 0.1) is 11.8 Å². The fourth-order valence-corrected chi connectivity index (χ4v) is 4.89. The Balaban J connectivity index is 1.49. The molecule has 0 bridgehead atoms. The summed E-state index contributed by atoms with van der Waals surface area (Å²) in [6.07, 6.45) is 3.26. The Labute approximate surface area is 209 Å². The van der Waals surface area contributed by atoms with Crippen molar-refractivity contribution in [2.75, 3.05) is 19.3 Å². The molecule has 1 amide bonds. The molecule has 1 fully saturated rings. The molecular weight excluding hydrogens is 480 g/mol. The molecule has 3 N–H and O–H groups in total. The van der Waals surface area contributed by atoms with Gasteiger partial charge in [0.15, 0.2) is 0 Å². The van der Waals surface area contributed by atoms with Gasteiger partial charge < -0.3 is 10.4 Å². The maximum Gasteiger partial charge on any atom is 0.320 e. The van der Waals surface area contributed by atoms with E-state index < -0.39 is 33.4 Å². The number of ketones is 1. The number of benzene rings is 2. The normalized spacial score (nSPS) is 18.2. The van der Waals surface area contributed by atoms with Gasteiger partial charge in [-0.1, -0.05) is 36.1 Å². The number of piperidine rings is 1. The van der Waals surface area contributed by atoms with Crippen LogP contribution < -0.4 is 10.0 Å². The highest BCUT2D eigenvalue weighted by Gasteiger charge is 2.31. The Hall–Kier alpha value is -3.49. The van der Waals surface area contributed by atoms with E-state index in [9.17, 15) is 23.1 Å². The van der Waals surface area contributed by atoms with E-state index in [4.69, 9.17) is 0 Å². The summed E-state index contributed by atoms with van der Waals surface area (Å²) in [5.74, 6) is 4.40. The van der Waals surface area contributed by atoms with Crippen LogP contribution in [0.25, 0.3) is 0 Å². The van der Waals surface area contributed by atoms with E-state index in [2.05, 4.69) is 31.9 Å². The molecular formula is C26H26N4O5S. The average Bonchev–Trinajstić information content (AvgIpc) is 2.85. The Morgan fingerprint density at radius 3 is 2.19 bits per heavy atom. The van der Waals surface area contributed by atoms with Gasteiger partial charge in [-0.15, -0.1) is 0 Å². The highest BCUT2D eigenvalue weighted by atomic mass is 32.2. The molecule has 9 nitrogen and oxygen atoms in total. The SMILES string of the molecule is CS(=O)(=O)N[C@@H](CC1=NC=NC(=O)C1=O)c1ccc(C#Cc2ccc(C3(O)CCNCC3)cc2)cc1. The number of hydrogen-bond acceptors (Lipinski definition) is 7. The number of nitrogens with one attached hydrogen (secondary N) is 2. The maximum absolute atomic E-state index is 12.1. The molecule has 1 saturated heterocycles. The first-order valence-corrected chi connectivity index (χ1v) is 13.3. The van der Waals surface area contributed by atoms with Gasteiger partial charge in [0, 0.05) is 17.5 Å². The molecule has 0 aliphatic carbocycles. The van der Waals surface area contributed by atoms with E-state index in [1.165, 1.54) is 0 Å². The minimum absolute atomic E-state index is 0.0578. The predicted molar refractivity (Wildman–Crippen MR) is 136 cm³/mol. The lowest BCUT2D eigenvalue weighted by Gasteiger charge is -2.33. The van der Waals surface area contributed by atoms with Crippen LogP contribution in [-0.2, 0) is 25.2 Å². The summed E-state index contributed by atoms with van der Waals surface area (Å²) in [5, 5.41) is 14.1. The van der Waals surface area contributed by atoms with Crippen LogP contribution in [0.4, 0.5) is 0 Å². The monoisotopic (exact) mass is 506 g/mol. The summed E-state index contributed by atoms with van der Waals surface area (Å²) in [5.41, 5.74) is 2.13. The first-order valence-electron chi connectivity index (χ1n) is 11.4. The summed E-state index contributed by atoms with van der Waals surface area (Å²) in [6, 6.07) is 13.7. The number of aliphatic hydroxyl groups is 1. The summed E-state index contributed by atoms with van der Waals surface area (Å²) < 4.78 is 26.3. The highest BCUT2D eigenvalue weighted by molar-refractivity contribution is 7.88. The molecule has 2 heterocycles. The third-order valence-corrected chi connectivity index (χ3v) is 6.83. The smallest absolute Gasteiger partial charge is 0.320 e. The fraction of sp³-hybridized carbons (Fsp3) is 0.308. The minimum atomic E-state index is -3.61. The van der Waals surface area contributed by atoms with Gasteiger partial charge >= 0.3 is 5.91 Å². The van der Waals surface area contributed by atoms with E-state index in [0.717, 1.165) is 36.8 Å². The second-order valence-corrected chi connectivity index (χ2v) is 10.6. The molecule has 36 heavy (non-hydrogen) atoms. The zero-order valence-corrected chi connectivity index (χ0v) is 20.5. The number of rotatable bonds is 6. The molecule has 2 aromatic carbocycles. The van der Waals surface area contributed by atoms with Crippen molar-refractivity contribution < 1.29 is 23.1 Å². The number of carbonyl (C=O) groups excluding carboxylic acids is 2. The second kappa shape index (κ2) is 10.6. The van der Waals surface area contributed by atoms with Crippen LogP contribution in [-0.4, -0.2) is 56.6 Å². The van der Waals surface area contributed by atoms with E-state index >= 15 is 0 Å². The quantitative estimate of drug-likeness (QED) is 0.398. The van der Waals surface area contributed by atoms with Gasteiger partial charge in [-0.3, -0.25) is 9.59 Å². The molecule has 0 radical (unpaired) electrons. The summed E-state index contributed by atoms with van der Waals surface area (Å²) in [6.45, 7) is 1.57. The van der Waals surface area contributed by atoms with Crippen LogP contribution >= 0.6 is 0 Å². The zero-order chi connectivity index (χ0) is 25.8. The lowest BCUT2D eigenvalue weighted by atomic mass is 9.85. The van der Waals surface area contributed by atoms with Crippen LogP contribution in [0.5, 0.6) is 0 Å². The first kappa shape index (κ1) is 25.6. The number of aliphatic imine (C=N–C) groups is 2. The van der Waals surface area contributed by atoms with E-state index in [1.54, 1.807) is 24.3 Å². The number of Topliss-reactive ketones (excluding diaryl/α,β-unsaturated/α-hetero) is 1.